The molecule has 2 N–H and O–H groups in total. The van der Waals surface area contributed by atoms with Crippen LogP contribution in [0.5, 0.6) is 5.75 Å². The van der Waals surface area contributed by atoms with Gasteiger partial charge in [-0.2, -0.15) is 0 Å². The third-order valence-corrected chi connectivity index (χ3v) is 5.84. The van der Waals surface area contributed by atoms with Crippen molar-refractivity contribution in [1.82, 2.24) is 0 Å². The molecule has 1 aliphatic heterocycles. The molecule has 0 aromatic heterocycles. The lowest BCUT2D eigenvalue weighted by Crippen LogP contribution is -2.32. The fraction of sp³-hybridized carbons (Fsp3) is 0.571. The van der Waals surface area contributed by atoms with E-state index in [1.165, 1.54) is 0 Å². The van der Waals surface area contributed by atoms with Crippen LogP contribution in [0, 0.1) is 0 Å². The first kappa shape index (κ1) is 15.3. The second kappa shape index (κ2) is 6.56. The van der Waals surface area contributed by atoms with Crippen LogP contribution >= 0.6 is 0 Å². The smallest absolute Gasteiger partial charge is 0.159 e. The highest BCUT2D eigenvalue weighted by atomic mass is 32.2. The fourth-order valence-corrected chi connectivity index (χ4v) is 4.07. The number of sulfone groups is 1. The summed E-state index contributed by atoms with van der Waals surface area (Å²) in [4.78, 5) is 0. The standard InChI is InChI=1S/C14H21NO4S/c1-11-14(6-7-18-11)20(16,17)9-8-19-13-4-2-12(10-15)3-5-13/h2-5,11,14H,6-10,15H2,1H3. The first-order valence-corrected chi connectivity index (χ1v) is 8.49. The van der Waals surface area contributed by atoms with Crippen molar-refractivity contribution < 1.29 is 17.9 Å². The van der Waals surface area contributed by atoms with Gasteiger partial charge in [-0.15, -0.1) is 0 Å². The van der Waals surface area contributed by atoms with Crippen LogP contribution in [0.4, 0.5) is 0 Å². The molecule has 0 aliphatic carbocycles. The van der Waals surface area contributed by atoms with E-state index in [9.17, 15) is 8.42 Å². The number of benzene rings is 1. The molecule has 20 heavy (non-hydrogen) atoms. The van der Waals surface area contributed by atoms with Gasteiger partial charge in [-0.25, -0.2) is 8.42 Å². The molecule has 6 heteroatoms. The van der Waals surface area contributed by atoms with Crippen LogP contribution in [0.25, 0.3) is 0 Å². The normalized spacial score (nSPS) is 22.9. The second-order valence-corrected chi connectivity index (χ2v) is 7.31. The van der Waals surface area contributed by atoms with E-state index in [1.807, 2.05) is 19.1 Å². The van der Waals surface area contributed by atoms with Crippen molar-refractivity contribution >= 4 is 9.84 Å². The molecule has 0 saturated carbocycles. The predicted molar refractivity (Wildman–Crippen MR) is 77.4 cm³/mol. The van der Waals surface area contributed by atoms with Crippen molar-refractivity contribution in [2.45, 2.75) is 31.2 Å². The summed E-state index contributed by atoms with van der Waals surface area (Å²) in [7, 11) is -3.16. The van der Waals surface area contributed by atoms with Gasteiger partial charge >= 0.3 is 0 Å². The molecule has 1 saturated heterocycles. The van der Waals surface area contributed by atoms with E-state index in [0.29, 0.717) is 25.3 Å². The molecule has 0 bridgehead atoms. The van der Waals surface area contributed by atoms with E-state index in [-0.39, 0.29) is 18.5 Å². The summed E-state index contributed by atoms with van der Waals surface area (Å²) in [5.74, 6) is 0.678. The van der Waals surface area contributed by atoms with Crippen LogP contribution < -0.4 is 10.5 Å². The van der Waals surface area contributed by atoms with Crippen LogP contribution in [0.2, 0.25) is 0 Å². The molecule has 1 aliphatic rings. The van der Waals surface area contributed by atoms with Crippen molar-refractivity contribution in [3.05, 3.63) is 29.8 Å². The average molecular weight is 299 g/mol. The van der Waals surface area contributed by atoms with Gasteiger partial charge in [0.05, 0.1) is 17.1 Å². The highest BCUT2D eigenvalue weighted by molar-refractivity contribution is 7.92. The van der Waals surface area contributed by atoms with E-state index in [1.54, 1.807) is 12.1 Å². The van der Waals surface area contributed by atoms with Crippen molar-refractivity contribution in [3.8, 4) is 5.75 Å². The Labute approximate surface area is 120 Å². The molecule has 5 nitrogen and oxygen atoms in total. The van der Waals surface area contributed by atoms with Gasteiger partial charge in [-0.3, -0.25) is 0 Å². The molecule has 2 unspecified atom stereocenters. The van der Waals surface area contributed by atoms with E-state index in [4.69, 9.17) is 15.2 Å². The van der Waals surface area contributed by atoms with Crippen molar-refractivity contribution in [1.29, 1.82) is 0 Å². The average Bonchev–Trinajstić information content (AvgIpc) is 2.86. The number of hydrogen-bond donors (Lipinski definition) is 1. The van der Waals surface area contributed by atoms with Gasteiger partial charge in [0.1, 0.15) is 12.4 Å². The monoisotopic (exact) mass is 299 g/mol. The van der Waals surface area contributed by atoms with E-state index >= 15 is 0 Å². The summed E-state index contributed by atoms with van der Waals surface area (Å²) in [6.45, 7) is 2.97. The van der Waals surface area contributed by atoms with Gasteiger partial charge in [0.25, 0.3) is 0 Å². The minimum Gasteiger partial charge on any atom is -0.493 e. The molecule has 1 fully saturated rings. The Kier molecular flexibility index (Phi) is 5.01. The van der Waals surface area contributed by atoms with Gasteiger partial charge in [-0.05, 0) is 31.0 Å². The zero-order chi connectivity index (χ0) is 14.6. The number of rotatable bonds is 6. The number of ether oxygens (including phenoxy) is 2. The first-order chi connectivity index (χ1) is 9.53. The molecular formula is C14H21NO4S. The minimum atomic E-state index is -3.16. The molecule has 1 aromatic rings. The minimum absolute atomic E-state index is 0.0179. The Morgan fingerprint density at radius 2 is 2.05 bits per heavy atom. The maximum atomic E-state index is 12.2. The third kappa shape index (κ3) is 3.71. The van der Waals surface area contributed by atoms with Crippen LogP contribution in [0.15, 0.2) is 24.3 Å². The van der Waals surface area contributed by atoms with E-state index in [0.717, 1.165) is 5.56 Å². The molecule has 0 spiro atoms. The molecular weight excluding hydrogens is 278 g/mol. The number of hydrogen-bond acceptors (Lipinski definition) is 5. The predicted octanol–water partition coefficient (Wildman–Crippen LogP) is 1.12. The summed E-state index contributed by atoms with van der Waals surface area (Å²) in [5, 5.41) is -0.397. The molecule has 112 valence electrons. The summed E-state index contributed by atoms with van der Waals surface area (Å²) < 4.78 is 35.1. The molecule has 2 atom stereocenters. The zero-order valence-corrected chi connectivity index (χ0v) is 12.4. The molecule has 1 heterocycles. The van der Waals surface area contributed by atoms with Crippen LogP contribution in [-0.4, -0.2) is 38.7 Å². The summed E-state index contributed by atoms with van der Waals surface area (Å²) in [6.07, 6.45) is 0.359. The third-order valence-electron chi connectivity index (χ3n) is 3.56. The van der Waals surface area contributed by atoms with Gasteiger partial charge in [0.2, 0.25) is 0 Å². The molecule has 0 amide bonds. The summed E-state index contributed by atoms with van der Waals surface area (Å²) in [5.41, 5.74) is 6.52. The van der Waals surface area contributed by atoms with Crippen LogP contribution in [0.1, 0.15) is 18.9 Å². The Hall–Kier alpha value is -1.11. The first-order valence-electron chi connectivity index (χ1n) is 6.78. The lowest BCUT2D eigenvalue weighted by Gasteiger charge is -2.15. The lowest BCUT2D eigenvalue weighted by atomic mass is 10.2. The maximum absolute atomic E-state index is 12.2. The van der Waals surface area contributed by atoms with E-state index < -0.39 is 15.1 Å². The van der Waals surface area contributed by atoms with E-state index in [2.05, 4.69) is 0 Å². The largest absolute Gasteiger partial charge is 0.493 e. The Morgan fingerprint density at radius 3 is 2.60 bits per heavy atom. The highest BCUT2D eigenvalue weighted by Crippen LogP contribution is 2.21. The summed E-state index contributed by atoms with van der Waals surface area (Å²) in [6, 6.07) is 7.35. The van der Waals surface area contributed by atoms with Crippen LogP contribution in [-0.2, 0) is 21.1 Å². The Morgan fingerprint density at radius 1 is 1.35 bits per heavy atom. The van der Waals surface area contributed by atoms with Crippen molar-refractivity contribution in [3.63, 3.8) is 0 Å². The second-order valence-electron chi connectivity index (χ2n) is 4.97. The quantitative estimate of drug-likeness (QED) is 0.851. The van der Waals surface area contributed by atoms with Crippen LogP contribution in [0.3, 0.4) is 0 Å². The fourth-order valence-electron chi connectivity index (χ4n) is 2.33. The zero-order valence-electron chi connectivity index (χ0n) is 11.6. The van der Waals surface area contributed by atoms with Crippen molar-refractivity contribution in [2.75, 3.05) is 19.0 Å². The SMILES string of the molecule is CC1OCCC1S(=O)(=O)CCOc1ccc(CN)cc1. The molecule has 1 aromatic carbocycles. The summed E-state index contributed by atoms with van der Waals surface area (Å²) >= 11 is 0. The molecule has 0 radical (unpaired) electrons. The van der Waals surface area contributed by atoms with Gasteiger partial charge in [-0.1, -0.05) is 12.1 Å². The Balaban J connectivity index is 1.85. The van der Waals surface area contributed by atoms with Gasteiger partial charge in [0, 0.05) is 13.2 Å². The number of nitrogens with two attached hydrogens (primary N) is 1. The van der Waals surface area contributed by atoms with Gasteiger partial charge < -0.3 is 15.2 Å². The maximum Gasteiger partial charge on any atom is 0.159 e. The Bertz CT molecular complexity index is 527. The highest BCUT2D eigenvalue weighted by Gasteiger charge is 2.35. The van der Waals surface area contributed by atoms with Gasteiger partial charge in [0.15, 0.2) is 9.84 Å². The molecule has 2 rings (SSSR count). The van der Waals surface area contributed by atoms with Crippen molar-refractivity contribution in [2.24, 2.45) is 5.73 Å². The lowest BCUT2D eigenvalue weighted by molar-refractivity contribution is 0.126. The topological polar surface area (TPSA) is 78.6 Å².